The topological polar surface area (TPSA) is 73.1 Å². The van der Waals surface area contributed by atoms with E-state index in [0.29, 0.717) is 29.3 Å². The van der Waals surface area contributed by atoms with Gasteiger partial charge in [-0.1, -0.05) is 28.9 Å². The van der Waals surface area contributed by atoms with Crippen molar-refractivity contribution in [1.29, 1.82) is 0 Å². The molecule has 0 N–H and O–H groups in total. The second-order valence-electron chi connectivity index (χ2n) is 5.05. The first-order valence-electron chi connectivity index (χ1n) is 6.22. The predicted octanol–water partition coefficient (Wildman–Crippen LogP) is 2.81. The number of benzene rings is 1. The van der Waals surface area contributed by atoms with Crippen molar-refractivity contribution in [2.45, 2.75) is 24.0 Å². The standard InChI is InChI=1S/C13H13ClN2O3S/c1-20(17,18)13(6-3-7-13)12-15-11(16-19-12)9-4-2-5-10(14)8-9/h2,4-5,8H,3,6-7H2,1H3. The van der Waals surface area contributed by atoms with Crippen LogP contribution in [0.4, 0.5) is 0 Å². The molecule has 1 saturated carbocycles. The van der Waals surface area contributed by atoms with Crippen molar-refractivity contribution in [2.75, 3.05) is 6.26 Å². The monoisotopic (exact) mass is 312 g/mol. The summed E-state index contributed by atoms with van der Waals surface area (Å²) < 4.78 is 28.2. The molecule has 0 radical (unpaired) electrons. The van der Waals surface area contributed by atoms with Crippen LogP contribution in [-0.4, -0.2) is 24.8 Å². The van der Waals surface area contributed by atoms with E-state index in [4.69, 9.17) is 16.1 Å². The number of halogens is 1. The summed E-state index contributed by atoms with van der Waals surface area (Å²) in [5, 5.41) is 4.44. The SMILES string of the molecule is CS(=O)(=O)C1(c2nc(-c3cccc(Cl)c3)no2)CCC1. The molecule has 0 unspecified atom stereocenters. The fourth-order valence-electron chi connectivity index (χ4n) is 2.39. The van der Waals surface area contributed by atoms with Crippen molar-refractivity contribution in [3.8, 4) is 11.4 Å². The van der Waals surface area contributed by atoms with Crippen LogP contribution in [-0.2, 0) is 14.6 Å². The third-order valence-electron chi connectivity index (χ3n) is 3.77. The number of aromatic nitrogens is 2. The smallest absolute Gasteiger partial charge is 0.248 e. The van der Waals surface area contributed by atoms with Gasteiger partial charge in [-0.2, -0.15) is 4.98 Å². The summed E-state index contributed by atoms with van der Waals surface area (Å²) in [6.45, 7) is 0. The number of sulfone groups is 1. The number of nitrogens with zero attached hydrogens (tertiary/aromatic N) is 2. The van der Waals surface area contributed by atoms with E-state index in [1.807, 2.05) is 0 Å². The van der Waals surface area contributed by atoms with Crippen LogP contribution in [0, 0.1) is 0 Å². The minimum absolute atomic E-state index is 0.182. The number of hydrogen-bond donors (Lipinski definition) is 0. The Morgan fingerprint density at radius 1 is 1.35 bits per heavy atom. The van der Waals surface area contributed by atoms with Crippen LogP contribution in [0.25, 0.3) is 11.4 Å². The third kappa shape index (κ3) is 2.03. The summed E-state index contributed by atoms with van der Waals surface area (Å²) >= 11 is 5.92. The summed E-state index contributed by atoms with van der Waals surface area (Å²) in [6, 6.07) is 7.04. The molecule has 0 aliphatic heterocycles. The van der Waals surface area contributed by atoms with Crippen molar-refractivity contribution in [1.82, 2.24) is 10.1 Å². The molecule has 106 valence electrons. The molecule has 1 heterocycles. The molecule has 5 nitrogen and oxygen atoms in total. The zero-order valence-electron chi connectivity index (χ0n) is 10.8. The van der Waals surface area contributed by atoms with Crippen molar-refractivity contribution >= 4 is 21.4 Å². The van der Waals surface area contributed by atoms with Gasteiger partial charge >= 0.3 is 0 Å². The maximum atomic E-state index is 12.0. The lowest BCUT2D eigenvalue weighted by molar-refractivity contribution is 0.251. The Morgan fingerprint density at radius 3 is 2.65 bits per heavy atom. The molecule has 2 aromatic rings. The predicted molar refractivity (Wildman–Crippen MR) is 75.1 cm³/mol. The quantitative estimate of drug-likeness (QED) is 0.871. The fraction of sp³-hybridized carbons (Fsp3) is 0.385. The van der Waals surface area contributed by atoms with Gasteiger partial charge in [-0.3, -0.25) is 0 Å². The lowest BCUT2D eigenvalue weighted by Crippen LogP contribution is -2.42. The summed E-state index contributed by atoms with van der Waals surface area (Å²) in [5.74, 6) is 0.540. The van der Waals surface area contributed by atoms with Crippen LogP contribution < -0.4 is 0 Å². The largest absolute Gasteiger partial charge is 0.337 e. The minimum Gasteiger partial charge on any atom is -0.337 e. The van der Waals surface area contributed by atoms with Gasteiger partial charge in [0.1, 0.15) is 0 Å². The van der Waals surface area contributed by atoms with Crippen molar-refractivity contribution < 1.29 is 12.9 Å². The highest BCUT2D eigenvalue weighted by atomic mass is 35.5. The molecule has 1 aliphatic carbocycles. The van der Waals surface area contributed by atoms with Crippen LogP contribution in [0.5, 0.6) is 0 Å². The van der Waals surface area contributed by atoms with Gasteiger partial charge in [0.2, 0.25) is 11.7 Å². The van der Waals surface area contributed by atoms with E-state index in [1.165, 1.54) is 6.26 Å². The molecular weight excluding hydrogens is 300 g/mol. The van der Waals surface area contributed by atoms with Crippen LogP contribution >= 0.6 is 11.6 Å². The van der Waals surface area contributed by atoms with Gasteiger partial charge in [0.25, 0.3) is 0 Å². The number of rotatable bonds is 3. The van der Waals surface area contributed by atoms with E-state index in [9.17, 15) is 8.42 Å². The highest BCUT2D eigenvalue weighted by Gasteiger charge is 2.52. The highest BCUT2D eigenvalue weighted by Crippen LogP contribution is 2.47. The number of hydrogen-bond acceptors (Lipinski definition) is 5. The van der Waals surface area contributed by atoms with E-state index in [2.05, 4.69) is 10.1 Å². The van der Waals surface area contributed by atoms with E-state index in [1.54, 1.807) is 24.3 Å². The zero-order valence-corrected chi connectivity index (χ0v) is 12.4. The average molecular weight is 313 g/mol. The maximum absolute atomic E-state index is 12.0. The molecule has 0 saturated heterocycles. The van der Waals surface area contributed by atoms with Crippen LogP contribution in [0.15, 0.2) is 28.8 Å². The molecule has 0 spiro atoms. The van der Waals surface area contributed by atoms with E-state index < -0.39 is 14.6 Å². The highest BCUT2D eigenvalue weighted by molar-refractivity contribution is 7.91. The molecule has 7 heteroatoms. The Bertz CT molecular complexity index is 750. The van der Waals surface area contributed by atoms with Gasteiger partial charge in [-0.05, 0) is 31.4 Å². The van der Waals surface area contributed by atoms with Crippen LogP contribution in [0.1, 0.15) is 25.2 Å². The summed E-state index contributed by atoms with van der Waals surface area (Å²) in [7, 11) is -3.28. The van der Waals surface area contributed by atoms with Crippen molar-refractivity contribution in [3.05, 3.63) is 35.2 Å². The first-order valence-corrected chi connectivity index (χ1v) is 8.49. The Kier molecular flexibility index (Phi) is 3.10. The molecule has 0 bridgehead atoms. The second kappa shape index (κ2) is 4.56. The van der Waals surface area contributed by atoms with E-state index in [-0.39, 0.29) is 5.89 Å². The van der Waals surface area contributed by atoms with Crippen molar-refractivity contribution in [3.63, 3.8) is 0 Å². The lowest BCUT2D eigenvalue weighted by Gasteiger charge is -2.36. The maximum Gasteiger partial charge on any atom is 0.248 e. The first kappa shape index (κ1) is 13.6. The molecule has 1 aliphatic rings. The van der Waals surface area contributed by atoms with Gasteiger partial charge in [0.15, 0.2) is 14.6 Å². The van der Waals surface area contributed by atoms with Gasteiger partial charge in [0, 0.05) is 16.8 Å². The van der Waals surface area contributed by atoms with Crippen LogP contribution in [0.3, 0.4) is 0 Å². The van der Waals surface area contributed by atoms with Gasteiger partial charge in [0.05, 0.1) is 0 Å². The Hall–Kier alpha value is -1.40. The normalized spacial score (nSPS) is 17.7. The Morgan fingerprint density at radius 2 is 2.10 bits per heavy atom. The van der Waals surface area contributed by atoms with E-state index in [0.717, 1.165) is 6.42 Å². The molecule has 1 aromatic heterocycles. The second-order valence-corrected chi connectivity index (χ2v) is 7.82. The molecule has 1 aromatic carbocycles. The summed E-state index contributed by atoms with van der Waals surface area (Å²) in [5.41, 5.74) is 0.704. The van der Waals surface area contributed by atoms with Gasteiger partial charge in [-0.15, -0.1) is 0 Å². The molecule has 1 fully saturated rings. The minimum atomic E-state index is -3.28. The Balaban J connectivity index is 2.03. The van der Waals surface area contributed by atoms with Gasteiger partial charge in [-0.25, -0.2) is 8.42 Å². The van der Waals surface area contributed by atoms with Crippen LogP contribution in [0.2, 0.25) is 5.02 Å². The molecular formula is C13H13ClN2O3S. The first-order chi connectivity index (χ1) is 9.42. The molecule has 3 rings (SSSR count). The molecule has 0 atom stereocenters. The fourth-order valence-corrected chi connectivity index (χ4v) is 4.02. The summed E-state index contributed by atoms with van der Waals surface area (Å²) in [6.07, 6.45) is 3.13. The van der Waals surface area contributed by atoms with Gasteiger partial charge < -0.3 is 4.52 Å². The Labute approximate surface area is 121 Å². The lowest BCUT2D eigenvalue weighted by atomic mass is 9.84. The zero-order chi connectivity index (χ0) is 14.4. The molecule has 0 amide bonds. The van der Waals surface area contributed by atoms with Crippen molar-refractivity contribution in [2.24, 2.45) is 0 Å². The summed E-state index contributed by atoms with van der Waals surface area (Å²) in [4.78, 5) is 4.27. The van der Waals surface area contributed by atoms with E-state index >= 15 is 0 Å². The molecule has 20 heavy (non-hydrogen) atoms. The third-order valence-corrected chi connectivity index (χ3v) is 6.01. The average Bonchev–Trinajstić information content (AvgIpc) is 2.75.